The molecule has 5 nitrogen and oxygen atoms in total. The monoisotopic (exact) mass is 341 g/mol. The molecule has 4 rings (SSSR count). The zero-order chi connectivity index (χ0) is 17.2. The van der Waals surface area contributed by atoms with Gasteiger partial charge >= 0.3 is 0 Å². The average molecular weight is 341 g/mol. The Bertz CT molecular complexity index is 613. The molecule has 134 valence electrons. The quantitative estimate of drug-likeness (QED) is 0.913. The highest BCUT2D eigenvalue weighted by Crippen LogP contribution is 2.33. The van der Waals surface area contributed by atoms with E-state index >= 15 is 0 Å². The minimum absolute atomic E-state index is 0.0719. The largest absolute Gasteiger partial charge is 0.339 e. The summed E-state index contributed by atoms with van der Waals surface area (Å²) in [7, 11) is 0. The lowest BCUT2D eigenvalue weighted by atomic mass is 9.89. The number of hydrogen-bond donors (Lipinski definition) is 1. The van der Waals surface area contributed by atoms with E-state index in [0.29, 0.717) is 50.6 Å². The van der Waals surface area contributed by atoms with E-state index in [1.807, 2.05) is 40.1 Å². The first-order valence-corrected chi connectivity index (χ1v) is 9.57. The van der Waals surface area contributed by atoms with E-state index in [2.05, 4.69) is 5.32 Å². The molecule has 1 N–H and O–H groups in total. The van der Waals surface area contributed by atoms with Crippen molar-refractivity contribution in [3.05, 3.63) is 35.9 Å². The van der Waals surface area contributed by atoms with Gasteiger partial charge in [0.25, 0.3) is 5.91 Å². The van der Waals surface area contributed by atoms with Crippen molar-refractivity contribution in [1.82, 2.24) is 15.1 Å². The van der Waals surface area contributed by atoms with E-state index in [4.69, 9.17) is 0 Å². The van der Waals surface area contributed by atoms with E-state index in [0.717, 1.165) is 18.4 Å². The topological polar surface area (TPSA) is 52.7 Å². The zero-order valence-electron chi connectivity index (χ0n) is 14.7. The Hall–Kier alpha value is -1.88. The standard InChI is InChI=1S/C20H27N3O2/c24-19(14-15-12-17-6-7-18(13-15)21-17)22-8-10-23(11-9-22)20(25)16-4-2-1-3-5-16/h1-5,15,17-18,21H,6-14H2. The van der Waals surface area contributed by atoms with Crippen molar-refractivity contribution in [2.45, 2.75) is 44.2 Å². The first-order valence-electron chi connectivity index (χ1n) is 9.57. The van der Waals surface area contributed by atoms with Gasteiger partial charge in [-0.3, -0.25) is 9.59 Å². The minimum Gasteiger partial charge on any atom is -0.339 e. The van der Waals surface area contributed by atoms with E-state index in [1.54, 1.807) is 0 Å². The van der Waals surface area contributed by atoms with E-state index in [9.17, 15) is 9.59 Å². The smallest absolute Gasteiger partial charge is 0.253 e. The molecule has 0 saturated carbocycles. The SMILES string of the molecule is O=C(CC1CC2CCC(C1)N2)N1CCN(C(=O)c2ccccc2)CC1. The molecule has 2 unspecified atom stereocenters. The molecule has 3 fully saturated rings. The summed E-state index contributed by atoms with van der Waals surface area (Å²) in [6.45, 7) is 2.60. The lowest BCUT2D eigenvalue weighted by Gasteiger charge is -2.36. The zero-order valence-corrected chi connectivity index (χ0v) is 14.7. The van der Waals surface area contributed by atoms with Crippen LogP contribution >= 0.6 is 0 Å². The number of nitrogens with zero attached hydrogens (tertiary/aromatic N) is 2. The van der Waals surface area contributed by atoms with Gasteiger partial charge in [-0.25, -0.2) is 0 Å². The number of benzene rings is 1. The van der Waals surface area contributed by atoms with Crippen molar-refractivity contribution < 1.29 is 9.59 Å². The highest BCUT2D eigenvalue weighted by atomic mass is 16.2. The summed E-state index contributed by atoms with van der Waals surface area (Å²) in [5, 5.41) is 3.64. The van der Waals surface area contributed by atoms with Crippen LogP contribution in [-0.4, -0.2) is 59.9 Å². The third kappa shape index (κ3) is 3.71. The molecular weight excluding hydrogens is 314 g/mol. The molecule has 3 aliphatic heterocycles. The van der Waals surface area contributed by atoms with Crippen molar-refractivity contribution in [1.29, 1.82) is 0 Å². The Morgan fingerprint density at radius 1 is 0.920 bits per heavy atom. The van der Waals surface area contributed by atoms with Crippen LogP contribution in [0.4, 0.5) is 0 Å². The summed E-state index contributed by atoms with van der Waals surface area (Å²) in [4.78, 5) is 29.0. The van der Waals surface area contributed by atoms with Crippen molar-refractivity contribution in [3.63, 3.8) is 0 Å². The molecule has 0 aliphatic carbocycles. The van der Waals surface area contributed by atoms with Crippen LogP contribution in [0.1, 0.15) is 42.5 Å². The second kappa shape index (κ2) is 7.16. The molecule has 2 bridgehead atoms. The van der Waals surface area contributed by atoms with Crippen molar-refractivity contribution in [2.75, 3.05) is 26.2 Å². The lowest BCUT2D eigenvalue weighted by Crippen LogP contribution is -2.51. The molecule has 0 spiro atoms. The molecule has 0 radical (unpaired) electrons. The highest BCUT2D eigenvalue weighted by Gasteiger charge is 2.35. The summed E-state index contributed by atoms with van der Waals surface area (Å²) in [5.41, 5.74) is 0.729. The van der Waals surface area contributed by atoms with Gasteiger partial charge in [-0.1, -0.05) is 18.2 Å². The normalized spacial score (nSPS) is 28.9. The molecule has 5 heteroatoms. The van der Waals surface area contributed by atoms with Gasteiger partial charge in [0.15, 0.2) is 0 Å². The van der Waals surface area contributed by atoms with Gasteiger partial charge in [0, 0.05) is 50.2 Å². The first-order chi connectivity index (χ1) is 12.2. The van der Waals surface area contributed by atoms with Gasteiger partial charge in [0.2, 0.25) is 5.91 Å². The van der Waals surface area contributed by atoms with Crippen LogP contribution in [0.2, 0.25) is 0 Å². The van der Waals surface area contributed by atoms with Gasteiger partial charge in [0.1, 0.15) is 0 Å². The van der Waals surface area contributed by atoms with Gasteiger partial charge in [-0.05, 0) is 43.7 Å². The van der Waals surface area contributed by atoms with Gasteiger partial charge in [0.05, 0.1) is 0 Å². The van der Waals surface area contributed by atoms with Crippen LogP contribution < -0.4 is 5.32 Å². The number of carbonyl (C=O) groups is 2. The van der Waals surface area contributed by atoms with Gasteiger partial charge in [-0.2, -0.15) is 0 Å². The van der Waals surface area contributed by atoms with Crippen molar-refractivity contribution >= 4 is 11.8 Å². The summed E-state index contributed by atoms with van der Waals surface area (Å²) >= 11 is 0. The number of carbonyl (C=O) groups excluding carboxylic acids is 2. The molecule has 3 aliphatic rings. The minimum atomic E-state index is 0.0719. The summed E-state index contributed by atoms with van der Waals surface area (Å²) in [6.07, 6.45) is 5.52. The number of fused-ring (bicyclic) bond motifs is 2. The van der Waals surface area contributed by atoms with Crippen LogP contribution in [0, 0.1) is 5.92 Å². The third-order valence-corrected chi connectivity index (χ3v) is 5.97. The molecule has 2 atom stereocenters. The number of hydrogen-bond acceptors (Lipinski definition) is 3. The lowest BCUT2D eigenvalue weighted by molar-refractivity contribution is -0.134. The second-order valence-corrected chi connectivity index (χ2v) is 7.72. The Kier molecular flexibility index (Phi) is 4.75. The summed E-state index contributed by atoms with van der Waals surface area (Å²) < 4.78 is 0. The Balaban J connectivity index is 1.27. The third-order valence-electron chi connectivity index (χ3n) is 5.97. The number of piperazine rings is 1. The highest BCUT2D eigenvalue weighted by molar-refractivity contribution is 5.94. The van der Waals surface area contributed by atoms with E-state index in [1.165, 1.54) is 12.8 Å². The Morgan fingerprint density at radius 2 is 1.52 bits per heavy atom. The average Bonchev–Trinajstić information content (AvgIpc) is 3.00. The molecule has 25 heavy (non-hydrogen) atoms. The molecular formula is C20H27N3O2. The van der Waals surface area contributed by atoms with Crippen LogP contribution in [-0.2, 0) is 4.79 Å². The number of piperidine rings is 1. The number of amides is 2. The molecule has 0 aromatic heterocycles. The van der Waals surface area contributed by atoms with E-state index < -0.39 is 0 Å². The predicted molar refractivity (Wildman–Crippen MR) is 96.2 cm³/mol. The van der Waals surface area contributed by atoms with Crippen molar-refractivity contribution in [3.8, 4) is 0 Å². The van der Waals surface area contributed by atoms with Gasteiger partial charge < -0.3 is 15.1 Å². The number of rotatable bonds is 3. The molecule has 1 aromatic rings. The maximum atomic E-state index is 12.6. The fraction of sp³-hybridized carbons (Fsp3) is 0.600. The van der Waals surface area contributed by atoms with Crippen molar-refractivity contribution in [2.24, 2.45) is 5.92 Å². The molecule has 1 aromatic carbocycles. The first kappa shape index (κ1) is 16.6. The summed E-state index contributed by atoms with van der Waals surface area (Å²) in [6, 6.07) is 10.7. The number of nitrogens with one attached hydrogen (secondary N) is 1. The van der Waals surface area contributed by atoms with Crippen LogP contribution in [0.3, 0.4) is 0 Å². The fourth-order valence-electron chi connectivity index (χ4n) is 4.64. The predicted octanol–water partition coefficient (Wildman–Crippen LogP) is 1.89. The van der Waals surface area contributed by atoms with Crippen LogP contribution in [0.15, 0.2) is 30.3 Å². The van der Waals surface area contributed by atoms with Crippen LogP contribution in [0.5, 0.6) is 0 Å². The Morgan fingerprint density at radius 3 is 2.16 bits per heavy atom. The summed E-state index contributed by atoms with van der Waals surface area (Å²) in [5.74, 6) is 0.885. The van der Waals surface area contributed by atoms with Gasteiger partial charge in [-0.15, -0.1) is 0 Å². The molecule has 2 amide bonds. The fourth-order valence-corrected chi connectivity index (χ4v) is 4.64. The molecule has 3 heterocycles. The molecule has 3 saturated heterocycles. The Labute approximate surface area is 149 Å². The second-order valence-electron chi connectivity index (χ2n) is 7.72. The van der Waals surface area contributed by atoms with E-state index in [-0.39, 0.29) is 11.8 Å². The maximum absolute atomic E-state index is 12.6. The maximum Gasteiger partial charge on any atom is 0.253 e. The van der Waals surface area contributed by atoms with Crippen LogP contribution in [0.25, 0.3) is 0 Å².